The first-order chi connectivity index (χ1) is 7.25. The van der Waals surface area contributed by atoms with Gasteiger partial charge >= 0.3 is 0 Å². The molecule has 0 aromatic carbocycles. The Hall–Kier alpha value is -0.710. The van der Waals surface area contributed by atoms with Crippen molar-refractivity contribution in [2.24, 2.45) is 0 Å². The van der Waals surface area contributed by atoms with Gasteiger partial charge < -0.3 is 5.11 Å². The van der Waals surface area contributed by atoms with Gasteiger partial charge in [-0.3, -0.25) is 4.98 Å². The second-order valence-corrected chi connectivity index (χ2v) is 5.72. The van der Waals surface area contributed by atoms with Crippen LogP contribution in [0.1, 0.15) is 16.5 Å². The highest BCUT2D eigenvalue weighted by atomic mass is 79.9. The third-order valence-electron chi connectivity index (χ3n) is 2.07. The summed E-state index contributed by atoms with van der Waals surface area (Å²) in [7, 11) is 0. The summed E-state index contributed by atoms with van der Waals surface area (Å²) in [6.07, 6.45) is 3.69. The van der Waals surface area contributed by atoms with Crippen molar-refractivity contribution in [3.8, 4) is 0 Å². The standard InChI is InChI=1S/C11H10BrNOS/c12-11-4-3-10(15-11)9(14)6-8-2-1-5-13-7-8/h1-5,7,9,14H,6H2. The maximum Gasteiger partial charge on any atom is 0.0923 e. The minimum atomic E-state index is -0.439. The van der Waals surface area contributed by atoms with E-state index >= 15 is 0 Å². The SMILES string of the molecule is OC(Cc1cccnc1)c1ccc(Br)s1. The molecule has 15 heavy (non-hydrogen) atoms. The van der Waals surface area contributed by atoms with Gasteiger partial charge in [0, 0.05) is 23.7 Å². The number of thiophene rings is 1. The van der Waals surface area contributed by atoms with Gasteiger partial charge in [0.2, 0.25) is 0 Å². The van der Waals surface area contributed by atoms with E-state index < -0.39 is 6.10 Å². The molecule has 2 heterocycles. The summed E-state index contributed by atoms with van der Waals surface area (Å²) in [4.78, 5) is 5.00. The minimum Gasteiger partial charge on any atom is -0.387 e. The van der Waals surface area contributed by atoms with E-state index in [1.165, 1.54) is 0 Å². The Bertz CT molecular complexity index is 429. The Morgan fingerprint density at radius 1 is 1.40 bits per heavy atom. The predicted molar refractivity (Wildman–Crippen MR) is 64.9 cm³/mol. The molecule has 4 heteroatoms. The number of hydrogen-bond acceptors (Lipinski definition) is 3. The van der Waals surface area contributed by atoms with Gasteiger partial charge in [-0.15, -0.1) is 11.3 Å². The van der Waals surface area contributed by atoms with Crippen molar-refractivity contribution in [1.29, 1.82) is 0 Å². The zero-order chi connectivity index (χ0) is 10.7. The van der Waals surface area contributed by atoms with Crippen molar-refractivity contribution in [2.45, 2.75) is 12.5 Å². The van der Waals surface area contributed by atoms with Crippen LogP contribution in [0.15, 0.2) is 40.4 Å². The maximum absolute atomic E-state index is 9.95. The Morgan fingerprint density at radius 3 is 2.87 bits per heavy atom. The normalized spacial score (nSPS) is 12.7. The smallest absolute Gasteiger partial charge is 0.0923 e. The molecule has 0 bridgehead atoms. The number of aliphatic hydroxyl groups excluding tert-OH is 1. The molecular formula is C11H10BrNOS. The number of halogens is 1. The van der Waals surface area contributed by atoms with Gasteiger partial charge in [0.25, 0.3) is 0 Å². The molecule has 1 unspecified atom stereocenters. The van der Waals surface area contributed by atoms with Crippen LogP contribution in [0.25, 0.3) is 0 Å². The van der Waals surface area contributed by atoms with Crippen molar-refractivity contribution in [1.82, 2.24) is 4.98 Å². The summed E-state index contributed by atoms with van der Waals surface area (Å²) in [5.41, 5.74) is 1.05. The summed E-state index contributed by atoms with van der Waals surface area (Å²) in [6, 6.07) is 7.74. The van der Waals surface area contributed by atoms with Crippen molar-refractivity contribution >= 4 is 27.3 Å². The lowest BCUT2D eigenvalue weighted by Gasteiger charge is -2.07. The Balaban J connectivity index is 2.07. The Kier molecular flexibility index (Phi) is 3.51. The molecule has 1 N–H and O–H groups in total. The van der Waals surface area contributed by atoms with E-state index in [1.807, 2.05) is 24.3 Å². The third kappa shape index (κ3) is 2.87. The summed E-state index contributed by atoms with van der Waals surface area (Å²) < 4.78 is 1.04. The minimum absolute atomic E-state index is 0.439. The summed E-state index contributed by atoms with van der Waals surface area (Å²) in [6.45, 7) is 0. The second kappa shape index (κ2) is 4.88. The highest BCUT2D eigenvalue weighted by Crippen LogP contribution is 2.28. The lowest BCUT2D eigenvalue weighted by molar-refractivity contribution is 0.182. The van der Waals surface area contributed by atoms with Gasteiger partial charge in [0.05, 0.1) is 9.89 Å². The first kappa shape index (κ1) is 10.8. The van der Waals surface area contributed by atoms with E-state index in [4.69, 9.17) is 0 Å². The van der Waals surface area contributed by atoms with Crippen LogP contribution in [-0.2, 0) is 6.42 Å². The van der Waals surface area contributed by atoms with Crippen molar-refractivity contribution in [3.05, 3.63) is 50.9 Å². The van der Waals surface area contributed by atoms with E-state index in [-0.39, 0.29) is 0 Å². The molecule has 0 aliphatic carbocycles. The zero-order valence-electron chi connectivity index (χ0n) is 7.93. The topological polar surface area (TPSA) is 33.1 Å². The molecule has 2 aromatic rings. The predicted octanol–water partition coefficient (Wildman–Crippen LogP) is 3.18. The molecule has 0 radical (unpaired) electrons. The van der Waals surface area contributed by atoms with Crippen molar-refractivity contribution < 1.29 is 5.11 Å². The quantitative estimate of drug-likeness (QED) is 0.939. The number of pyridine rings is 1. The average molecular weight is 284 g/mol. The van der Waals surface area contributed by atoms with E-state index in [0.717, 1.165) is 14.2 Å². The zero-order valence-corrected chi connectivity index (χ0v) is 10.3. The van der Waals surface area contributed by atoms with Gasteiger partial charge in [0.1, 0.15) is 0 Å². The molecule has 0 aliphatic heterocycles. The van der Waals surface area contributed by atoms with Crippen LogP contribution in [0.2, 0.25) is 0 Å². The Labute approximate surface area is 101 Å². The highest BCUT2D eigenvalue weighted by molar-refractivity contribution is 9.11. The molecule has 0 fully saturated rings. The van der Waals surface area contributed by atoms with Crippen LogP contribution in [0.3, 0.4) is 0 Å². The molecule has 0 saturated carbocycles. The van der Waals surface area contributed by atoms with Crippen molar-refractivity contribution in [3.63, 3.8) is 0 Å². The van der Waals surface area contributed by atoms with Crippen molar-refractivity contribution in [2.75, 3.05) is 0 Å². The molecule has 2 aromatic heterocycles. The van der Waals surface area contributed by atoms with Crippen LogP contribution in [0.5, 0.6) is 0 Å². The first-order valence-electron chi connectivity index (χ1n) is 4.58. The van der Waals surface area contributed by atoms with Gasteiger partial charge in [0.15, 0.2) is 0 Å². The van der Waals surface area contributed by atoms with Gasteiger partial charge in [-0.1, -0.05) is 6.07 Å². The molecule has 0 saturated heterocycles. The highest BCUT2D eigenvalue weighted by Gasteiger charge is 2.10. The third-order valence-corrected chi connectivity index (χ3v) is 3.80. The van der Waals surface area contributed by atoms with Crippen LogP contribution in [0.4, 0.5) is 0 Å². The monoisotopic (exact) mass is 283 g/mol. The number of aromatic nitrogens is 1. The molecule has 2 rings (SSSR count). The molecule has 78 valence electrons. The number of nitrogens with zero attached hydrogens (tertiary/aromatic N) is 1. The van der Waals surface area contributed by atoms with E-state index in [0.29, 0.717) is 6.42 Å². The first-order valence-corrected chi connectivity index (χ1v) is 6.19. The fourth-order valence-electron chi connectivity index (χ4n) is 1.35. The van der Waals surface area contributed by atoms with Crippen LogP contribution < -0.4 is 0 Å². The molecule has 0 amide bonds. The lowest BCUT2D eigenvalue weighted by Crippen LogP contribution is -1.99. The summed E-state index contributed by atoms with van der Waals surface area (Å²) >= 11 is 4.94. The maximum atomic E-state index is 9.95. The van der Waals surface area contributed by atoms with E-state index in [9.17, 15) is 5.11 Å². The van der Waals surface area contributed by atoms with Crippen LogP contribution >= 0.6 is 27.3 Å². The fraction of sp³-hybridized carbons (Fsp3) is 0.182. The largest absolute Gasteiger partial charge is 0.387 e. The van der Waals surface area contributed by atoms with E-state index in [1.54, 1.807) is 23.7 Å². The number of rotatable bonds is 3. The average Bonchev–Trinajstić information content (AvgIpc) is 2.66. The lowest BCUT2D eigenvalue weighted by atomic mass is 10.1. The van der Waals surface area contributed by atoms with Crippen LogP contribution in [-0.4, -0.2) is 10.1 Å². The van der Waals surface area contributed by atoms with Gasteiger partial charge in [-0.05, 0) is 39.7 Å². The molecule has 2 nitrogen and oxygen atoms in total. The summed E-state index contributed by atoms with van der Waals surface area (Å²) in [5.74, 6) is 0. The van der Waals surface area contributed by atoms with Gasteiger partial charge in [-0.2, -0.15) is 0 Å². The molecule has 0 aliphatic rings. The van der Waals surface area contributed by atoms with E-state index in [2.05, 4.69) is 20.9 Å². The molecule has 1 atom stereocenters. The molecular weight excluding hydrogens is 274 g/mol. The second-order valence-electron chi connectivity index (χ2n) is 3.22. The number of hydrogen-bond donors (Lipinski definition) is 1. The van der Waals surface area contributed by atoms with Gasteiger partial charge in [-0.25, -0.2) is 0 Å². The Morgan fingerprint density at radius 2 is 2.27 bits per heavy atom. The van der Waals surface area contributed by atoms with Crippen LogP contribution in [0, 0.1) is 0 Å². The molecule has 0 spiro atoms. The number of aliphatic hydroxyl groups is 1. The summed E-state index contributed by atoms with van der Waals surface area (Å²) in [5, 5.41) is 9.95. The fourth-order valence-corrected chi connectivity index (χ4v) is 2.76.